The summed E-state index contributed by atoms with van der Waals surface area (Å²) in [5.74, 6) is -0.0777. The van der Waals surface area contributed by atoms with Gasteiger partial charge in [0.1, 0.15) is 17.9 Å². The highest BCUT2D eigenvalue weighted by molar-refractivity contribution is 5.78. The van der Waals surface area contributed by atoms with Crippen molar-refractivity contribution in [3.63, 3.8) is 0 Å². The summed E-state index contributed by atoms with van der Waals surface area (Å²) in [6, 6.07) is 19.5. The minimum absolute atomic E-state index is 0.00552. The smallest absolute Gasteiger partial charge is 0.325 e. The number of hydrogen-bond donors (Lipinski definition) is 1. The second-order valence-electron chi connectivity index (χ2n) is 5.22. The fourth-order valence-electron chi connectivity index (χ4n) is 2.35. The van der Waals surface area contributed by atoms with Crippen LogP contribution >= 0.6 is 0 Å². The normalized spacial score (nSPS) is 10.3. The first-order valence-electron chi connectivity index (χ1n) is 8.03. The SMILES string of the molecule is CCOC(=O)CNc1nnc(-c2ccccc2)c(-c2ccccc2)n1. The molecule has 25 heavy (non-hydrogen) atoms. The summed E-state index contributed by atoms with van der Waals surface area (Å²) in [6.07, 6.45) is 0. The second-order valence-corrected chi connectivity index (χ2v) is 5.22. The maximum Gasteiger partial charge on any atom is 0.325 e. The second kappa shape index (κ2) is 8.01. The molecule has 0 aliphatic carbocycles. The van der Waals surface area contributed by atoms with Gasteiger partial charge in [-0.25, -0.2) is 4.98 Å². The summed E-state index contributed by atoms with van der Waals surface area (Å²) < 4.78 is 4.89. The Bertz CT molecular complexity index is 839. The Balaban J connectivity index is 1.95. The Morgan fingerprint density at radius 1 is 0.920 bits per heavy atom. The van der Waals surface area contributed by atoms with E-state index in [1.807, 2.05) is 60.7 Å². The number of nitrogens with one attached hydrogen (secondary N) is 1. The van der Waals surface area contributed by atoms with Crippen LogP contribution in [0.3, 0.4) is 0 Å². The molecular weight excluding hydrogens is 316 g/mol. The van der Waals surface area contributed by atoms with Crippen LogP contribution in [0.15, 0.2) is 60.7 Å². The van der Waals surface area contributed by atoms with Crippen LogP contribution < -0.4 is 5.32 Å². The number of carbonyl (C=O) groups is 1. The average molecular weight is 334 g/mol. The summed E-state index contributed by atoms with van der Waals surface area (Å²) in [6.45, 7) is 2.09. The lowest BCUT2D eigenvalue weighted by atomic mass is 10.0. The predicted octanol–water partition coefficient (Wildman–Crippen LogP) is 3.18. The number of anilines is 1. The highest BCUT2D eigenvalue weighted by atomic mass is 16.5. The van der Waals surface area contributed by atoms with E-state index in [1.165, 1.54) is 0 Å². The van der Waals surface area contributed by atoms with E-state index < -0.39 is 0 Å². The number of ether oxygens (including phenoxy) is 1. The van der Waals surface area contributed by atoms with E-state index in [1.54, 1.807) is 6.92 Å². The number of benzene rings is 2. The van der Waals surface area contributed by atoms with E-state index in [2.05, 4.69) is 20.5 Å². The van der Waals surface area contributed by atoms with Gasteiger partial charge in [0.2, 0.25) is 5.95 Å². The Morgan fingerprint density at radius 3 is 2.12 bits per heavy atom. The van der Waals surface area contributed by atoms with Crippen LogP contribution in [0, 0.1) is 0 Å². The molecular formula is C19H18N4O2. The maximum absolute atomic E-state index is 11.5. The van der Waals surface area contributed by atoms with E-state index in [4.69, 9.17) is 4.74 Å². The molecule has 2 aromatic carbocycles. The Morgan fingerprint density at radius 2 is 1.52 bits per heavy atom. The molecule has 0 unspecified atom stereocenters. The van der Waals surface area contributed by atoms with Crippen molar-refractivity contribution in [2.75, 3.05) is 18.5 Å². The van der Waals surface area contributed by atoms with Gasteiger partial charge in [-0.3, -0.25) is 4.79 Å². The molecule has 0 spiro atoms. The summed E-state index contributed by atoms with van der Waals surface area (Å²) in [5, 5.41) is 11.3. The molecule has 1 aromatic heterocycles. The molecule has 126 valence electrons. The molecule has 0 radical (unpaired) electrons. The predicted molar refractivity (Wildman–Crippen MR) is 95.8 cm³/mol. The molecule has 0 saturated carbocycles. The number of aromatic nitrogens is 3. The molecule has 0 bridgehead atoms. The first kappa shape index (κ1) is 16.6. The van der Waals surface area contributed by atoms with E-state index in [0.29, 0.717) is 18.0 Å². The zero-order valence-corrected chi connectivity index (χ0v) is 13.8. The molecule has 0 atom stereocenters. The number of rotatable bonds is 6. The average Bonchev–Trinajstić information content (AvgIpc) is 2.68. The first-order valence-corrected chi connectivity index (χ1v) is 8.03. The molecule has 0 saturated heterocycles. The van der Waals surface area contributed by atoms with Crippen molar-refractivity contribution in [1.29, 1.82) is 0 Å². The zero-order valence-electron chi connectivity index (χ0n) is 13.8. The van der Waals surface area contributed by atoms with E-state index in [0.717, 1.165) is 11.1 Å². The van der Waals surface area contributed by atoms with Gasteiger partial charge in [0, 0.05) is 11.1 Å². The summed E-state index contributed by atoms with van der Waals surface area (Å²) in [5.41, 5.74) is 3.25. The molecule has 0 fully saturated rings. The lowest BCUT2D eigenvalue weighted by Crippen LogP contribution is -2.18. The number of esters is 1. The topological polar surface area (TPSA) is 77.0 Å². The minimum Gasteiger partial charge on any atom is -0.465 e. The van der Waals surface area contributed by atoms with Crippen molar-refractivity contribution in [2.45, 2.75) is 6.92 Å². The Kier molecular flexibility index (Phi) is 5.31. The van der Waals surface area contributed by atoms with Crippen LogP contribution in [0.5, 0.6) is 0 Å². The molecule has 1 heterocycles. The highest BCUT2D eigenvalue weighted by Gasteiger charge is 2.13. The van der Waals surface area contributed by atoms with Gasteiger partial charge in [0.25, 0.3) is 0 Å². The first-order chi connectivity index (χ1) is 12.3. The van der Waals surface area contributed by atoms with E-state index >= 15 is 0 Å². The number of hydrogen-bond acceptors (Lipinski definition) is 6. The largest absolute Gasteiger partial charge is 0.465 e. The van der Waals surface area contributed by atoms with Crippen LogP contribution in [0.2, 0.25) is 0 Å². The highest BCUT2D eigenvalue weighted by Crippen LogP contribution is 2.28. The molecule has 6 heteroatoms. The Labute approximate surface area is 145 Å². The van der Waals surface area contributed by atoms with Crippen LogP contribution in [0.1, 0.15) is 6.92 Å². The third-order valence-electron chi connectivity index (χ3n) is 3.48. The minimum atomic E-state index is -0.362. The monoisotopic (exact) mass is 334 g/mol. The third-order valence-corrected chi connectivity index (χ3v) is 3.48. The fourth-order valence-corrected chi connectivity index (χ4v) is 2.35. The summed E-state index contributed by atoms with van der Waals surface area (Å²) in [7, 11) is 0. The van der Waals surface area contributed by atoms with Gasteiger partial charge in [-0.05, 0) is 6.92 Å². The van der Waals surface area contributed by atoms with Gasteiger partial charge in [0.05, 0.1) is 6.61 Å². The van der Waals surface area contributed by atoms with E-state index in [9.17, 15) is 4.79 Å². The van der Waals surface area contributed by atoms with Gasteiger partial charge in [-0.1, -0.05) is 60.7 Å². The van der Waals surface area contributed by atoms with Crippen molar-refractivity contribution >= 4 is 11.9 Å². The van der Waals surface area contributed by atoms with Crippen LogP contribution in [-0.4, -0.2) is 34.3 Å². The number of carbonyl (C=O) groups excluding carboxylic acids is 1. The zero-order chi connectivity index (χ0) is 17.5. The molecule has 6 nitrogen and oxygen atoms in total. The van der Waals surface area contributed by atoms with Crippen molar-refractivity contribution in [2.24, 2.45) is 0 Å². The standard InChI is InChI=1S/C19H18N4O2/c1-2-25-16(24)13-20-19-21-17(14-9-5-3-6-10-14)18(22-23-19)15-11-7-4-8-12-15/h3-12H,2,13H2,1H3,(H,20,21,23). The summed E-state index contributed by atoms with van der Waals surface area (Å²) >= 11 is 0. The Hall–Kier alpha value is -3.28. The molecule has 1 N–H and O–H groups in total. The molecule has 0 aliphatic rings. The van der Waals surface area contributed by atoms with Crippen LogP contribution in [0.25, 0.3) is 22.5 Å². The fraction of sp³-hybridized carbons (Fsp3) is 0.158. The van der Waals surface area contributed by atoms with Gasteiger partial charge in [-0.15, -0.1) is 10.2 Å². The van der Waals surface area contributed by atoms with Crippen LogP contribution in [-0.2, 0) is 9.53 Å². The quantitative estimate of drug-likeness (QED) is 0.698. The number of nitrogens with zero attached hydrogens (tertiary/aromatic N) is 3. The van der Waals surface area contributed by atoms with Crippen molar-refractivity contribution in [3.8, 4) is 22.5 Å². The lowest BCUT2D eigenvalue weighted by molar-refractivity contribution is -0.140. The molecule has 3 aromatic rings. The maximum atomic E-state index is 11.5. The molecule has 0 aliphatic heterocycles. The molecule has 0 amide bonds. The van der Waals surface area contributed by atoms with Crippen molar-refractivity contribution in [3.05, 3.63) is 60.7 Å². The van der Waals surface area contributed by atoms with Gasteiger partial charge < -0.3 is 10.1 Å². The summed E-state index contributed by atoms with van der Waals surface area (Å²) in [4.78, 5) is 16.1. The van der Waals surface area contributed by atoms with Gasteiger partial charge >= 0.3 is 5.97 Å². The van der Waals surface area contributed by atoms with Gasteiger partial charge in [-0.2, -0.15) is 0 Å². The third kappa shape index (κ3) is 4.17. The van der Waals surface area contributed by atoms with Crippen molar-refractivity contribution in [1.82, 2.24) is 15.2 Å². The van der Waals surface area contributed by atoms with Crippen molar-refractivity contribution < 1.29 is 9.53 Å². The lowest BCUT2D eigenvalue weighted by Gasteiger charge is -2.10. The van der Waals surface area contributed by atoms with Crippen LogP contribution in [0.4, 0.5) is 5.95 Å². The van der Waals surface area contributed by atoms with Gasteiger partial charge in [0.15, 0.2) is 0 Å². The molecule has 3 rings (SSSR count). The van der Waals surface area contributed by atoms with E-state index in [-0.39, 0.29) is 18.5 Å².